The molecule has 2 aliphatic rings. The zero-order valence-electron chi connectivity index (χ0n) is 33.3. The number of carboxylic acids is 1. The van der Waals surface area contributed by atoms with E-state index in [4.69, 9.17) is 5.11 Å². The average molecular weight is 773 g/mol. The van der Waals surface area contributed by atoms with E-state index in [0.29, 0.717) is 5.56 Å². The van der Waals surface area contributed by atoms with Gasteiger partial charge >= 0.3 is 5.97 Å². The Hall–Kier alpha value is -3.38. The van der Waals surface area contributed by atoms with Crippen molar-refractivity contribution in [3.8, 4) is 0 Å². The third kappa shape index (κ3) is 9.18. The minimum Gasteiger partial charge on any atom is -0.478 e. The number of hydrogen-bond acceptors (Lipinski definition) is 4. The number of hydrogen-bond donors (Lipinski definition) is 1. The SMILES string of the molecule is C/C(=C\c1ccc(C(=O)O)cc1)c1ccc(SCCC(C)C)cc1.Cc1ccc2cc(C3(c4ccc5c(c4)C(C)(C)CCC5(C)C)SCCS3)ccc2c1. The third-order valence-electron chi connectivity index (χ3n) is 11.1. The Morgan fingerprint density at radius 2 is 1.31 bits per heavy atom. The first kappa shape index (κ1) is 40.3. The summed E-state index contributed by atoms with van der Waals surface area (Å²) in [6, 6.07) is 37.0. The fraction of sp³-hybridized carbons (Fsp3) is 0.367. The Morgan fingerprint density at radius 3 is 1.96 bits per heavy atom. The topological polar surface area (TPSA) is 37.3 Å². The maximum Gasteiger partial charge on any atom is 0.335 e. The second-order valence-corrected chi connectivity index (χ2v) is 20.8. The second-order valence-electron chi connectivity index (χ2n) is 16.7. The molecule has 0 amide bonds. The molecule has 5 heteroatoms. The van der Waals surface area contributed by atoms with E-state index in [2.05, 4.69) is 164 Å². The van der Waals surface area contributed by atoms with E-state index in [9.17, 15) is 4.79 Å². The lowest BCUT2D eigenvalue weighted by Gasteiger charge is -2.43. The Kier molecular flexibility index (Phi) is 12.5. The van der Waals surface area contributed by atoms with Gasteiger partial charge in [0.15, 0.2) is 0 Å². The van der Waals surface area contributed by atoms with Crippen LogP contribution in [0.15, 0.2) is 108 Å². The summed E-state index contributed by atoms with van der Waals surface area (Å²) in [5.41, 5.74) is 11.6. The van der Waals surface area contributed by atoms with Crippen LogP contribution >= 0.6 is 35.3 Å². The zero-order valence-corrected chi connectivity index (χ0v) is 35.7. The summed E-state index contributed by atoms with van der Waals surface area (Å²) in [4.78, 5) is 12.2. The minimum absolute atomic E-state index is 0.00573. The van der Waals surface area contributed by atoms with Crippen LogP contribution in [0.3, 0.4) is 0 Å². The Balaban J connectivity index is 0.000000190. The van der Waals surface area contributed by atoms with Crippen molar-refractivity contribution in [3.63, 3.8) is 0 Å². The molecule has 0 aromatic heterocycles. The van der Waals surface area contributed by atoms with Crippen LogP contribution in [-0.2, 0) is 14.9 Å². The quantitative estimate of drug-likeness (QED) is 0.119. The Morgan fingerprint density at radius 1 is 0.741 bits per heavy atom. The predicted octanol–water partition coefficient (Wildman–Crippen LogP) is 14.3. The molecule has 1 N–H and O–H groups in total. The summed E-state index contributed by atoms with van der Waals surface area (Å²) >= 11 is 6.15. The maximum absolute atomic E-state index is 10.9. The van der Waals surface area contributed by atoms with Crippen molar-refractivity contribution < 1.29 is 9.90 Å². The highest BCUT2D eigenvalue weighted by atomic mass is 32.2. The maximum atomic E-state index is 10.9. The highest BCUT2D eigenvalue weighted by molar-refractivity contribution is 8.20. The number of benzene rings is 5. The predicted molar refractivity (Wildman–Crippen MR) is 240 cm³/mol. The fourth-order valence-corrected chi connectivity index (χ4v) is 12.0. The standard InChI is InChI=1S/C28H32S2.C21H24O2S/c1-19-6-7-21-17-22(9-8-20(21)16-19)28(29-14-15-30-28)23-10-11-24-25(18-23)27(4,5)13-12-26(24,2)3;1-15(2)12-13-24-20-10-8-18(9-11-20)16(3)14-17-4-6-19(7-5-17)21(22)23/h6-11,16-18H,12-15H2,1-5H3;4-11,14-15H,12-13H2,1-3H3,(H,22,23)/b;16-14+. The van der Waals surface area contributed by atoms with Crippen LogP contribution in [0.4, 0.5) is 0 Å². The van der Waals surface area contributed by atoms with Crippen molar-refractivity contribution in [2.24, 2.45) is 5.92 Å². The molecular weight excluding hydrogens is 717 g/mol. The van der Waals surface area contributed by atoms with E-state index in [-0.39, 0.29) is 14.9 Å². The molecule has 7 rings (SSSR count). The number of aryl methyl sites for hydroxylation is 1. The Labute approximate surface area is 337 Å². The number of rotatable bonds is 9. The van der Waals surface area contributed by atoms with E-state index in [1.54, 1.807) is 23.3 Å². The van der Waals surface area contributed by atoms with Gasteiger partial charge in [-0.05, 0) is 136 Å². The summed E-state index contributed by atoms with van der Waals surface area (Å²) in [6.07, 6.45) is 5.84. The van der Waals surface area contributed by atoms with Crippen LogP contribution in [0.25, 0.3) is 22.4 Å². The highest BCUT2D eigenvalue weighted by Gasteiger charge is 2.43. The van der Waals surface area contributed by atoms with E-state index >= 15 is 0 Å². The van der Waals surface area contributed by atoms with Crippen LogP contribution in [0.1, 0.15) is 117 Å². The van der Waals surface area contributed by atoms with Crippen LogP contribution in [0.5, 0.6) is 0 Å². The molecule has 1 fully saturated rings. The molecular formula is C49H56O2S3. The number of carboxylic acid groups (broad SMARTS) is 1. The normalized spacial score (nSPS) is 17.2. The molecule has 0 saturated carbocycles. The molecule has 1 saturated heterocycles. The van der Waals surface area contributed by atoms with E-state index in [1.807, 2.05) is 23.9 Å². The van der Waals surface area contributed by atoms with Crippen molar-refractivity contribution in [2.75, 3.05) is 17.3 Å². The highest BCUT2D eigenvalue weighted by Crippen LogP contribution is 2.58. The number of allylic oxidation sites excluding steroid dienone is 1. The van der Waals surface area contributed by atoms with Crippen molar-refractivity contribution in [2.45, 2.75) is 94.5 Å². The van der Waals surface area contributed by atoms with E-state index < -0.39 is 5.97 Å². The van der Waals surface area contributed by atoms with Gasteiger partial charge in [0, 0.05) is 16.4 Å². The molecule has 0 spiro atoms. The summed E-state index contributed by atoms with van der Waals surface area (Å²) in [5, 5.41) is 11.6. The number of fused-ring (bicyclic) bond motifs is 2. The van der Waals surface area contributed by atoms with Crippen molar-refractivity contribution >= 4 is 63.7 Å². The molecule has 0 atom stereocenters. The number of aromatic carboxylic acids is 1. The number of carbonyl (C=O) groups is 1. The summed E-state index contributed by atoms with van der Waals surface area (Å²) in [7, 11) is 0. The Bertz CT molecular complexity index is 2120. The van der Waals surface area contributed by atoms with Gasteiger partial charge in [-0.25, -0.2) is 4.79 Å². The molecule has 2 nitrogen and oxygen atoms in total. The van der Waals surface area contributed by atoms with Crippen LogP contribution in [0, 0.1) is 12.8 Å². The largest absolute Gasteiger partial charge is 0.478 e. The van der Waals surface area contributed by atoms with Crippen molar-refractivity contribution in [1.82, 2.24) is 0 Å². The fourth-order valence-electron chi connectivity index (χ4n) is 7.56. The minimum atomic E-state index is -0.896. The van der Waals surface area contributed by atoms with Gasteiger partial charge in [0.2, 0.25) is 0 Å². The van der Waals surface area contributed by atoms with Gasteiger partial charge < -0.3 is 5.11 Å². The monoisotopic (exact) mass is 772 g/mol. The van der Waals surface area contributed by atoms with Crippen LogP contribution in [-0.4, -0.2) is 28.3 Å². The third-order valence-corrected chi connectivity index (χ3v) is 15.7. The lowest BCUT2D eigenvalue weighted by molar-refractivity contribution is 0.0697. The van der Waals surface area contributed by atoms with Gasteiger partial charge in [0.05, 0.1) is 5.56 Å². The van der Waals surface area contributed by atoms with E-state index in [1.165, 1.54) is 68.7 Å². The van der Waals surface area contributed by atoms with E-state index in [0.717, 1.165) is 22.8 Å². The van der Waals surface area contributed by atoms with Crippen molar-refractivity contribution in [1.29, 1.82) is 0 Å². The first-order valence-corrected chi connectivity index (χ1v) is 22.3. The zero-order chi connectivity index (χ0) is 38.7. The van der Waals surface area contributed by atoms with Gasteiger partial charge in [-0.3, -0.25) is 0 Å². The molecule has 0 bridgehead atoms. The molecule has 0 radical (unpaired) electrons. The molecule has 0 unspecified atom stereocenters. The smallest absolute Gasteiger partial charge is 0.335 e. The first-order chi connectivity index (χ1) is 25.7. The molecule has 5 aromatic carbocycles. The second kappa shape index (κ2) is 16.8. The lowest BCUT2D eigenvalue weighted by Crippen LogP contribution is -2.34. The van der Waals surface area contributed by atoms with Crippen LogP contribution in [0.2, 0.25) is 0 Å². The first-order valence-electron chi connectivity index (χ1n) is 19.4. The van der Waals surface area contributed by atoms with Gasteiger partial charge in [0.25, 0.3) is 0 Å². The molecule has 1 aliphatic heterocycles. The van der Waals surface area contributed by atoms with Gasteiger partial charge in [-0.15, -0.1) is 35.3 Å². The van der Waals surface area contributed by atoms with Crippen LogP contribution < -0.4 is 0 Å². The lowest BCUT2D eigenvalue weighted by atomic mass is 9.63. The number of thioether (sulfide) groups is 3. The molecule has 1 heterocycles. The van der Waals surface area contributed by atoms with Gasteiger partial charge in [-0.1, -0.05) is 126 Å². The van der Waals surface area contributed by atoms with Gasteiger partial charge in [-0.2, -0.15) is 0 Å². The molecule has 1 aliphatic carbocycles. The molecule has 54 heavy (non-hydrogen) atoms. The summed E-state index contributed by atoms with van der Waals surface area (Å²) in [5.74, 6) is 3.43. The summed E-state index contributed by atoms with van der Waals surface area (Å²) in [6.45, 7) is 18.5. The van der Waals surface area contributed by atoms with Crippen molar-refractivity contribution in [3.05, 3.63) is 148 Å². The van der Waals surface area contributed by atoms with Gasteiger partial charge in [0.1, 0.15) is 4.08 Å². The molecule has 5 aromatic rings. The average Bonchev–Trinajstić information content (AvgIpc) is 3.65. The molecule has 282 valence electrons. The summed E-state index contributed by atoms with van der Waals surface area (Å²) < 4.78 is 0.00573.